The van der Waals surface area contributed by atoms with E-state index < -0.39 is 0 Å². The molecule has 0 bridgehead atoms. The first kappa shape index (κ1) is 14.8. The largest absolute Gasteiger partial charge is 0.323 e. The predicted octanol–water partition coefficient (Wildman–Crippen LogP) is 3.15. The summed E-state index contributed by atoms with van der Waals surface area (Å²) in [4.78, 5) is 14.9. The van der Waals surface area contributed by atoms with Crippen molar-refractivity contribution in [2.24, 2.45) is 11.8 Å². The molecule has 1 saturated heterocycles. The zero-order valence-corrected chi connectivity index (χ0v) is 13.0. The smallest absolute Gasteiger partial charge is 0.241 e. The summed E-state index contributed by atoms with van der Waals surface area (Å²) >= 11 is 0. The van der Waals surface area contributed by atoms with Crippen LogP contribution < -0.4 is 5.32 Å². The second-order valence-corrected chi connectivity index (χ2v) is 6.94. The summed E-state index contributed by atoms with van der Waals surface area (Å²) < 4.78 is 0. The molecule has 1 amide bonds. The van der Waals surface area contributed by atoms with E-state index in [1.807, 2.05) is 0 Å². The minimum absolute atomic E-state index is 0.0576. The van der Waals surface area contributed by atoms with Crippen molar-refractivity contribution in [3.63, 3.8) is 0 Å². The van der Waals surface area contributed by atoms with E-state index in [1.165, 1.54) is 25.7 Å². The molecule has 0 aromatic carbocycles. The number of hydrogen-bond acceptors (Lipinski definition) is 2. The van der Waals surface area contributed by atoms with Gasteiger partial charge in [0.25, 0.3) is 0 Å². The van der Waals surface area contributed by atoms with Gasteiger partial charge in [-0.1, -0.05) is 40.5 Å². The van der Waals surface area contributed by atoms with Gasteiger partial charge in [-0.15, -0.1) is 0 Å². The van der Waals surface area contributed by atoms with Gasteiger partial charge in [-0.3, -0.25) is 10.1 Å². The Hall–Kier alpha value is -0.570. The average molecular weight is 266 g/mol. The summed E-state index contributed by atoms with van der Waals surface area (Å²) in [7, 11) is 0. The van der Waals surface area contributed by atoms with Crippen LogP contribution in [0.2, 0.25) is 0 Å². The average Bonchev–Trinajstić information content (AvgIpc) is 2.65. The highest BCUT2D eigenvalue weighted by Crippen LogP contribution is 2.31. The third-order valence-corrected chi connectivity index (χ3v) is 4.68. The number of nitrogens with zero attached hydrogens (tertiary/aromatic N) is 1. The molecule has 4 unspecified atom stereocenters. The van der Waals surface area contributed by atoms with Gasteiger partial charge in [0.1, 0.15) is 0 Å². The van der Waals surface area contributed by atoms with Gasteiger partial charge in [0.05, 0.1) is 12.2 Å². The van der Waals surface area contributed by atoms with Crippen molar-refractivity contribution in [1.82, 2.24) is 10.2 Å². The van der Waals surface area contributed by atoms with Crippen molar-refractivity contribution in [2.75, 3.05) is 0 Å². The first-order valence-electron chi connectivity index (χ1n) is 8.11. The second-order valence-electron chi connectivity index (χ2n) is 6.94. The molecule has 2 rings (SSSR count). The van der Waals surface area contributed by atoms with Crippen LogP contribution in [0.1, 0.15) is 66.2 Å². The topological polar surface area (TPSA) is 32.3 Å². The molecule has 0 aromatic heterocycles. The van der Waals surface area contributed by atoms with Crippen LogP contribution in [0.4, 0.5) is 0 Å². The Morgan fingerprint density at radius 2 is 2.11 bits per heavy atom. The predicted molar refractivity (Wildman–Crippen MR) is 78.7 cm³/mol. The maximum atomic E-state index is 12.7. The molecule has 1 aliphatic heterocycles. The van der Waals surface area contributed by atoms with Crippen LogP contribution in [0.5, 0.6) is 0 Å². The van der Waals surface area contributed by atoms with Crippen molar-refractivity contribution >= 4 is 5.91 Å². The molecule has 0 spiro atoms. The Kier molecular flexibility index (Phi) is 4.88. The summed E-state index contributed by atoms with van der Waals surface area (Å²) in [6.45, 7) is 8.90. The zero-order chi connectivity index (χ0) is 14.0. The van der Waals surface area contributed by atoms with Crippen LogP contribution >= 0.6 is 0 Å². The van der Waals surface area contributed by atoms with Crippen molar-refractivity contribution in [3.8, 4) is 0 Å². The number of carbonyl (C=O) groups excluding carboxylic acids is 1. The van der Waals surface area contributed by atoms with Crippen LogP contribution in [0.25, 0.3) is 0 Å². The minimum Gasteiger partial charge on any atom is -0.323 e. The van der Waals surface area contributed by atoms with E-state index in [4.69, 9.17) is 0 Å². The molecular formula is C16H30N2O. The lowest BCUT2D eigenvalue weighted by atomic mass is 9.86. The van der Waals surface area contributed by atoms with Gasteiger partial charge in [-0.25, -0.2) is 0 Å². The Labute approximate surface area is 118 Å². The van der Waals surface area contributed by atoms with Crippen LogP contribution in [-0.2, 0) is 4.79 Å². The van der Waals surface area contributed by atoms with Gasteiger partial charge in [0, 0.05) is 6.04 Å². The Bertz CT molecular complexity index is 316. The van der Waals surface area contributed by atoms with Gasteiger partial charge in [-0.05, 0) is 37.5 Å². The summed E-state index contributed by atoms with van der Waals surface area (Å²) in [6, 6.07) is 0.535. The van der Waals surface area contributed by atoms with Crippen molar-refractivity contribution in [2.45, 2.75) is 84.5 Å². The maximum Gasteiger partial charge on any atom is 0.241 e. The Balaban J connectivity index is 2.06. The monoisotopic (exact) mass is 266 g/mol. The molecule has 110 valence electrons. The van der Waals surface area contributed by atoms with Gasteiger partial charge in [0.15, 0.2) is 0 Å². The molecular weight excluding hydrogens is 236 g/mol. The standard InChI is InChI=1S/C16H30N2O/c1-5-15-17-14(9-11(2)3)16(19)18(15)13-8-6-7-12(4)10-13/h11-15,17H,5-10H2,1-4H3. The number of carbonyl (C=O) groups is 1. The third kappa shape index (κ3) is 3.31. The molecule has 4 atom stereocenters. The van der Waals surface area contributed by atoms with Crippen LogP contribution in [0.3, 0.4) is 0 Å². The highest BCUT2D eigenvalue weighted by molar-refractivity contribution is 5.84. The van der Waals surface area contributed by atoms with Gasteiger partial charge in [-0.2, -0.15) is 0 Å². The second kappa shape index (κ2) is 6.25. The number of hydrogen-bond donors (Lipinski definition) is 1. The molecule has 19 heavy (non-hydrogen) atoms. The van der Waals surface area contributed by atoms with E-state index in [-0.39, 0.29) is 12.2 Å². The third-order valence-electron chi connectivity index (χ3n) is 4.68. The molecule has 0 radical (unpaired) electrons. The van der Waals surface area contributed by atoms with Crippen molar-refractivity contribution < 1.29 is 4.79 Å². The van der Waals surface area contributed by atoms with E-state index >= 15 is 0 Å². The number of amides is 1. The molecule has 3 nitrogen and oxygen atoms in total. The van der Waals surface area contributed by atoms with E-state index in [9.17, 15) is 4.79 Å². The summed E-state index contributed by atoms with van der Waals surface area (Å²) in [5, 5.41) is 3.56. The lowest BCUT2D eigenvalue weighted by Crippen LogP contribution is -2.46. The highest BCUT2D eigenvalue weighted by atomic mass is 16.2. The molecule has 1 heterocycles. The lowest BCUT2D eigenvalue weighted by molar-refractivity contribution is -0.133. The summed E-state index contributed by atoms with van der Waals surface area (Å²) in [6.07, 6.45) is 7.26. The van der Waals surface area contributed by atoms with Gasteiger partial charge < -0.3 is 4.90 Å². The van der Waals surface area contributed by atoms with Gasteiger partial charge >= 0.3 is 0 Å². The van der Waals surface area contributed by atoms with E-state index in [2.05, 4.69) is 37.9 Å². The molecule has 3 heteroatoms. The molecule has 1 aliphatic carbocycles. The van der Waals surface area contributed by atoms with Crippen LogP contribution in [-0.4, -0.2) is 29.1 Å². The van der Waals surface area contributed by atoms with E-state index in [0.29, 0.717) is 17.9 Å². The summed E-state index contributed by atoms with van der Waals surface area (Å²) in [5.41, 5.74) is 0. The SMILES string of the molecule is CCC1NC(CC(C)C)C(=O)N1C1CCCC(C)C1. The minimum atomic E-state index is 0.0576. The fraction of sp³-hybridized carbons (Fsp3) is 0.938. The van der Waals surface area contributed by atoms with Gasteiger partial charge in [0.2, 0.25) is 5.91 Å². The summed E-state index contributed by atoms with van der Waals surface area (Å²) in [5.74, 6) is 1.71. The lowest BCUT2D eigenvalue weighted by Gasteiger charge is -2.37. The van der Waals surface area contributed by atoms with E-state index in [1.54, 1.807) is 0 Å². The molecule has 1 saturated carbocycles. The molecule has 2 aliphatic rings. The Morgan fingerprint density at radius 1 is 1.37 bits per heavy atom. The highest BCUT2D eigenvalue weighted by Gasteiger charge is 2.42. The van der Waals surface area contributed by atoms with E-state index in [0.717, 1.165) is 18.8 Å². The molecule has 1 N–H and O–H groups in total. The number of rotatable bonds is 4. The molecule has 2 fully saturated rings. The van der Waals surface area contributed by atoms with Crippen LogP contribution in [0.15, 0.2) is 0 Å². The normalized spacial score (nSPS) is 36.3. The quantitative estimate of drug-likeness (QED) is 0.848. The maximum absolute atomic E-state index is 12.7. The fourth-order valence-corrected chi connectivity index (χ4v) is 3.76. The first-order valence-corrected chi connectivity index (χ1v) is 8.11. The zero-order valence-electron chi connectivity index (χ0n) is 13.0. The van der Waals surface area contributed by atoms with Crippen molar-refractivity contribution in [1.29, 1.82) is 0 Å². The first-order chi connectivity index (χ1) is 9.02. The number of nitrogens with one attached hydrogen (secondary N) is 1. The van der Waals surface area contributed by atoms with Crippen molar-refractivity contribution in [3.05, 3.63) is 0 Å². The molecule has 0 aromatic rings. The van der Waals surface area contributed by atoms with Crippen LogP contribution in [0, 0.1) is 11.8 Å². The fourth-order valence-electron chi connectivity index (χ4n) is 3.76. The Morgan fingerprint density at radius 3 is 2.68 bits per heavy atom.